The van der Waals surface area contributed by atoms with Crippen LogP contribution in [0.5, 0.6) is 17.2 Å². The second-order valence-corrected chi connectivity index (χ2v) is 6.02. The van der Waals surface area contributed by atoms with Crippen LogP contribution in [0.15, 0.2) is 42.5 Å². The van der Waals surface area contributed by atoms with E-state index in [9.17, 15) is 4.79 Å². The lowest BCUT2D eigenvalue weighted by atomic mass is 10.0. The van der Waals surface area contributed by atoms with Gasteiger partial charge in [-0.15, -0.1) is 0 Å². The molecule has 0 fully saturated rings. The smallest absolute Gasteiger partial charge is 0.227 e. The fourth-order valence-electron chi connectivity index (χ4n) is 3.18. The predicted molar refractivity (Wildman–Crippen MR) is 95.3 cm³/mol. The Morgan fingerprint density at radius 2 is 1.92 bits per heavy atom. The molecule has 1 heterocycles. The Hall–Kier alpha value is -2.69. The van der Waals surface area contributed by atoms with Gasteiger partial charge in [0, 0.05) is 5.56 Å². The first-order valence-corrected chi connectivity index (χ1v) is 8.36. The number of hydrogen-bond donors (Lipinski definition) is 0. The van der Waals surface area contributed by atoms with Gasteiger partial charge in [-0.25, -0.2) is 0 Å². The van der Waals surface area contributed by atoms with Crippen molar-refractivity contribution in [2.45, 2.75) is 19.4 Å². The predicted octanol–water partition coefficient (Wildman–Crippen LogP) is 3.23. The van der Waals surface area contributed by atoms with E-state index in [-0.39, 0.29) is 11.9 Å². The van der Waals surface area contributed by atoms with Crippen molar-refractivity contribution in [3.63, 3.8) is 0 Å². The van der Waals surface area contributed by atoms with E-state index in [2.05, 4.69) is 0 Å². The molecule has 25 heavy (non-hydrogen) atoms. The molecule has 0 saturated carbocycles. The first-order valence-electron chi connectivity index (χ1n) is 8.36. The highest BCUT2D eigenvalue weighted by Gasteiger charge is 2.26. The standard InChI is InChI=1S/C20H23NO4/c1-14-16-6-4-5-7-17(16)25-11-10-21(14)20(22)13-15-8-9-18(23-2)19(12-15)24-3/h4-9,12,14H,10-11,13H2,1-3H3. The van der Waals surface area contributed by atoms with Crippen LogP contribution in [0.25, 0.3) is 0 Å². The summed E-state index contributed by atoms with van der Waals surface area (Å²) < 4.78 is 16.4. The summed E-state index contributed by atoms with van der Waals surface area (Å²) >= 11 is 0. The quantitative estimate of drug-likeness (QED) is 0.857. The summed E-state index contributed by atoms with van der Waals surface area (Å²) in [6.45, 7) is 3.11. The Kier molecular flexibility index (Phi) is 5.12. The van der Waals surface area contributed by atoms with Gasteiger partial charge < -0.3 is 19.1 Å². The van der Waals surface area contributed by atoms with Gasteiger partial charge in [0.2, 0.25) is 5.91 Å². The van der Waals surface area contributed by atoms with Gasteiger partial charge in [0.05, 0.1) is 33.2 Å². The number of nitrogens with zero attached hydrogens (tertiary/aromatic N) is 1. The molecule has 5 nitrogen and oxygen atoms in total. The van der Waals surface area contributed by atoms with Crippen molar-refractivity contribution >= 4 is 5.91 Å². The van der Waals surface area contributed by atoms with Gasteiger partial charge in [-0.2, -0.15) is 0 Å². The fraction of sp³-hybridized carbons (Fsp3) is 0.350. The molecule has 0 N–H and O–H groups in total. The van der Waals surface area contributed by atoms with Crippen LogP contribution < -0.4 is 14.2 Å². The second kappa shape index (κ2) is 7.47. The van der Waals surface area contributed by atoms with Crippen molar-refractivity contribution in [2.24, 2.45) is 0 Å². The van der Waals surface area contributed by atoms with E-state index in [1.54, 1.807) is 14.2 Å². The Balaban J connectivity index is 1.79. The number of hydrogen-bond acceptors (Lipinski definition) is 4. The molecule has 5 heteroatoms. The normalized spacial score (nSPS) is 16.4. The minimum atomic E-state index is -0.0219. The van der Waals surface area contributed by atoms with Gasteiger partial charge in [0.25, 0.3) is 0 Å². The number of ether oxygens (including phenoxy) is 3. The fourth-order valence-corrected chi connectivity index (χ4v) is 3.18. The molecule has 1 unspecified atom stereocenters. The lowest BCUT2D eigenvalue weighted by molar-refractivity contribution is -0.132. The number of para-hydroxylation sites is 1. The second-order valence-electron chi connectivity index (χ2n) is 6.02. The van der Waals surface area contributed by atoms with Crippen LogP contribution in [-0.2, 0) is 11.2 Å². The van der Waals surface area contributed by atoms with Gasteiger partial charge in [0.1, 0.15) is 12.4 Å². The minimum absolute atomic E-state index is 0.0219. The van der Waals surface area contributed by atoms with Crippen molar-refractivity contribution in [3.05, 3.63) is 53.6 Å². The Bertz CT molecular complexity index is 759. The summed E-state index contributed by atoms with van der Waals surface area (Å²) in [7, 11) is 3.19. The number of carbonyl (C=O) groups excluding carboxylic acids is 1. The average molecular weight is 341 g/mol. The molecule has 0 aromatic heterocycles. The number of amides is 1. The van der Waals surface area contributed by atoms with Gasteiger partial charge in [-0.05, 0) is 30.7 Å². The van der Waals surface area contributed by atoms with E-state index in [1.165, 1.54) is 0 Å². The third-order valence-corrected chi connectivity index (χ3v) is 4.55. The lowest BCUT2D eigenvalue weighted by Gasteiger charge is -2.27. The summed E-state index contributed by atoms with van der Waals surface area (Å²) in [5, 5.41) is 0. The number of methoxy groups -OCH3 is 2. The third kappa shape index (κ3) is 3.55. The first kappa shape index (κ1) is 17.1. The van der Waals surface area contributed by atoms with Crippen LogP contribution in [0.3, 0.4) is 0 Å². The molecule has 2 aromatic rings. The highest BCUT2D eigenvalue weighted by atomic mass is 16.5. The van der Waals surface area contributed by atoms with Crippen molar-refractivity contribution in [1.82, 2.24) is 4.90 Å². The Morgan fingerprint density at radius 1 is 1.16 bits per heavy atom. The Labute approximate surface area is 148 Å². The molecular weight excluding hydrogens is 318 g/mol. The maximum absolute atomic E-state index is 12.9. The van der Waals surface area contributed by atoms with Gasteiger partial charge in [-0.1, -0.05) is 24.3 Å². The summed E-state index contributed by atoms with van der Waals surface area (Å²) in [4.78, 5) is 14.8. The van der Waals surface area contributed by atoms with Crippen LogP contribution in [0.4, 0.5) is 0 Å². The van der Waals surface area contributed by atoms with E-state index in [0.29, 0.717) is 31.1 Å². The van der Waals surface area contributed by atoms with E-state index < -0.39 is 0 Å². The lowest BCUT2D eigenvalue weighted by Crippen LogP contribution is -2.36. The zero-order valence-electron chi connectivity index (χ0n) is 14.8. The van der Waals surface area contributed by atoms with Crippen molar-refractivity contribution in [1.29, 1.82) is 0 Å². The van der Waals surface area contributed by atoms with Crippen molar-refractivity contribution in [3.8, 4) is 17.2 Å². The minimum Gasteiger partial charge on any atom is -0.493 e. The SMILES string of the molecule is COc1ccc(CC(=O)N2CCOc3ccccc3C2C)cc1OC. The molecule has 0 spiro atoms. The molecule has 0 bridgehead atoms. The van der Waals surface area contributed by atoms with Crippen LogP contribution in [-0.4, -0.2) is 38.2 Å². The molecule has 1 amide bonds. The maximum Gasteiger partial charge on any atom is 0.227 e. The highest BCUT2D eigenvalue weighted by Crippen LogP contribution is 2.32. The van der Waals surface area contributed by atoms with Crippen LogP contribution >= 0.6 is 0 Å². The number of rotatable bonds is 4. The molecule has 3 rings (SSSR count). The molecule has 1 aliphatic heterocycles. The van der Waals surface area contributed by atoms with E-state index in [4.69, 9.17) is 14.2 Å². The summed E-state index contributed by atoms with van der Waals surface area (Å²) in [5.74, 6) is 2.21. The third-order valence-electron chi connectivity index (χ3n) is 4.55. The summed E-state index contributed by atoms with van der Waals surface area (Å²) in [5.41, 5.74) is 1.94. The zero-order chi connectivity index (χ0) is 17.8. The largest absolute Gasteiger partial charge is 0.493 e. The van der Waals surface area contributed by atoms with E-state index >= 15 is 0 Å². The zero-order valence-corrected chi connectivity index (χ0v) is 14.8. The van der Waals surface area contributed by atoms with Crippen molar-refractivity contribution in [2.75, 3.05) is 27.4 Å². The maximum atomic E-state index is 12.9. The molecule has 1 atom stereocenters. The molecule has 132 valence electrons. The van der Waals surface area contributed by atoms with E-state index in [1.807, 2.05) is 54.3 Å². The summed E-state index contributed by atoms with van der Waals surface area (Å²) in [6.07, 6.45) is 0.312. The van der Waals surface area contributed by atoms with Crippen LogP contribution in [0.1, 0.15) is 24.1 Å². The number of carbonyl (C=O) groups is 1. The van der Waals surface area contributed by atoms with Crippen LogP contribution in [0.2, 0.25) is 0 Å². The molecule has 2 aromatic carbocycles. The topological polar surface area (TPSA) is 48.0 Å². The molecule has 0 aliphatic carbocycles. The average Bonchev–Trinajstić information content (AvgIpc) is 2.81. The summed E-state index contributed by atoms with van der Waals surface area (Å²) in [6, 6.07) is 13.4. The van der Waals surface area contributed by atoms with Gasteiger partial charge >= 0.3 is 0 Å². The molecule has 0 radical (unpaired) electrons. The highest BCUT2D eigenvalue weighted by molar-refractivity contribution is 5.79. The Morgan fingerprint density at radius 3 is 2.68 bits per heavy atom. The van der Waals surface area contributed by atoms with Crippen molar-refractivity contribution < 1.29 is 19.0 Å². The van der Waals surface area contributed by atoms with E-state index in [0.717, 1.165) is 16.9 Å². The first-order chi connectivity index (χ1) is 12.1. The molecular formula is C20H23NO4. The monoisotopic (exact) mass is 341 g/mol. The van der Waals surface area contributed by atoms with Crippen LogP contribution in [0, 0.1) is 0 Å². The van der Waals surface area contributed by atoms with Gasteiger partial charge in [-0.3, -0.25) is 4.79 Å². The number of fused-ring (bicyclic) bond motifs is 1. The molecule has 0 saturated heterocycles. The molecule has 1 aliphatic rings. The van der Waals surface area contributed by atoms with Gasteiger partial charge in [0.15, 0.2) is 11.5 Å². The number of benzene rings is 2.